The van der Waals surface area contributed by atoms with E-state index in [4.69, 9.17) is 0 Å². The van der Waals surface area contributed by atoms with Gasteiger partial charge in [0, 0.05) is 12.3 Å². The molecule has 0 spiro atoms. The van der Waals surface area contributed by atoms with E-state index < -0.39 is 0 Å². The van der Waals surface area contributed by atoms with Crippen molar-refractivity contribution in [1.29, 1.82) is 0 Å². The largest absolute Gasteiger partial charge is 0.299 e. The standard InChI is InChI=1S/C5H7N3S2/c1-2-9-4(6-1)5-8-7-3-10-5/h3-4,6H,1-2H2. The van der Waals surface area contributed by atoms with Crippen molar-refractivity contribution in [2.45, 2.75) is 5.37 Å². The molecule has 54 valence electrons. The van der Waals surface area contributed by atoms with Gasteiger partial charge in [-0.2, -0.15) is 0 Å². The van der Waals surface area contributed by atoms with Gasteiger partial charge in [0.05, 0.1) is 0 Å². The van der Waals surface area contributed by atoms with E-state index in [-0.39, 0.29) is 0 Å². The van der Waals surface area contributed by atoms with Gasteiger partial charge < -0.3 is 0 Å². The van der Waals surface area contributed by atoms with Gasteiger partial charge in [0.25, 0.3) is 0 Å². The second-order valence-corrected chi connectivity index (χ2v) is 4.06. The average molecular weight is 173 g/mol. The van der Waals surface area contributed by atoms with Crippen molar-refractivity contribution in [3.63, 3.8) is 0 Å². The summed E-state index contributed by atoms with van der Waals surface area (Å²) in [4.78, 5) is 0. The molecule has 1 atom stereocenters. The quantitative estimate of drug-likeness (QED) is 0.684. The molecule has 0 aliphatic carbocycles. The highest BCUT2D eigenvalue weighted by Crippen LogP contribution is 2.29. The number of rotatable bonds is 1. The lowest BCUT2D eigenvalue weighted by molar-refractivity contribution is 0.737. The van der Waals surface area contributed by atoms with Crippen LogP contribution in [0.2, 0.25) is 0 Å². The Balaban J connectivity index is 2.12. The molecule has 5 heteroatoms. The molecule has 2 rings (SSSR count). The summed E-state index contributed by atoms with van der Waals surface area (Å²) >= 11 is 3.51. The van der Waals surface area contributed by atoms with E-state index in [1.54, 1.807) is 16.8 Å². The zero-order chi connectivity index (χ0) is 6.81. The van der Waals surface area contributed by atoms with Gasteiger partial charge in [0.2, 0.25) is 0 Å². The molecular formula is C5H7N3S2. The zero-order valence-corrected chi connectivity index (χ0v) is 6.91. The van der Waals surface area contributed by atoms with Crippen LogP contribution in [0.25, 0.3) is 0 Å². The van der Waals surface area contributed by atoms with E-state index >= 15 is 0 Å². The Labute approximate surface area is 67.2 Å². The molecule has 1 aromatic rings. The van der Waals surface area contributed by atoms with Crippen molar-refractivity contribution >= 4 is 23.1 Å². The Morgan fingerprint density at radius 2 is 2.70 bits per heavy atom. The van der Waals surface area contributed by atoms with Crippen LogP contribution in [-0.2, 0) is 0 Å². The molecule has 0 saturated carbocycles. The summed E-state index contributed by atoms with van der Waals surface area (Å²) in [6.45, 7) is 1.09. The van der Waals surface area contributed by atoms with Gasteiger partial charge in [-0.3, -0.25) is 5.32 Å². The second-order valence-electron chi connectivity index (χ2n) is 1.98. The predicted molar refractivity (Wildman–Crippen MR) is 43.1 cm³/mol. The predicted octanol–water partition coefficient (Wildman–Crippen LogP) is 0.873. The Hall–Kier alpha value is -0.130. The van der Waals surface area contributed by atoms with Crippen LogP contribution in [0, 0.1) is 0 Å². The molecule has 0 bridgehead atoms. The van der Waals surface area contributed by atoms with Crippen LogP contribution in [0.4, 0.5) is 0 Å². The molecule has 1 unspecified atom stereocenters. The number of hydrogen-bond acceptors (Lipinski definition) is 5. The van der Waals surface area contributed by atoms with E-state index in [2.05, 4.69) is 15.5 Å². The molecule has 1 fully saturated rings. The molecular weight excluding hydrogens is 166 g/mol. The minimum atomic E-state index is 0.410. The molecule has 1 N–H and O–H groups in total. The summed E-state index contributed by atoms with van der Waals surface area (Å²) in [6.07, 6.45) is 0. The normalized spacial score (nSPS) is 25.4. The average Bonchev–Trinajstić information content (AvgIpc) is 2.59. The van der Waals surface area contributed by atoms with Crippen LogP contribution in [0.5, 0.6) is 0 Å². The smallest absolute Gasteiger partial charge is 0.144 e. The molecule has 0 radical (unpaired) electrons. The van der Waals surface area contributed by atoms with Gasteiger partial charge in [-0.15, -0.1) is 33.3 Å². The lowest BCUT2D eigenvalue weighted by Gasteiger charge is -2.01. The Morgan fingerprint density at radius 1 is 1.70 bits per heavy atom. The van der Waals surface area contributed by atoms with Gasteiger partial charge in [-0.25, -0.2) is 0 Å². The highest BCUT2D eigenvalue weighted by molar-refractivity contribution is 7.99. The van der Waals surface area contributed by atoms with Gasteiger partial charge in [-0.1, -0.05) is 0 Å². The first-order chi connectivity index (χ1) is 4.97. The van der Waals surface area contributed by atoms with Crippen LogP contribution in [0.15, 0.2) is 5.51 Å². The summed E-state index contributed by atoms with van der Waals surface area (Å²) in [5.41, 5.74) is 1.77. The lowest BCUT2D eigenvalue weighted by atomic mass is 10.6. The molecule has 0 amide bonds. The van der Waals surface area contributed by atoms with E-state index in [9.17, 15) is 0 Å². The molecule has 0 aromatic carbocycles. The topological polar surface area (TPSA) is 37.8 Å². The summed E-state index contributed by atoms with van der Waals surface area (Å²) in [6, 6.07) is 0. The number of aromatic nitrogens is 2. The van der Waals surface area contributed by atoms with E-state index in [1.165, 1.54) is 5.75 Å². The molecule has 10 heavy (non-hydrogen) atoms. The maximum atomic E-state index is 3.98. The second kappa shape index (κ2) is 2.86. The van der Waals surface area contributed by atoms with Crippen molar-refractivity contribution in [3.05, 3.63) is 10.5 Å². The third kappa shape index (κ3) is 1.16. The summed E-state index contributed by atoms with van der Waals surface area (Å²) in [7, 11) is 0. The van der Waals surface area contributed by atoms with Gasteiger partial charge >= 0.3 is 0 Å². The summed E-state index contributed by atoms with van der Waals surface area (Å²) in [5.74, 6) is 1.18. The molecule has 1 aliphatic heterocycles. The van der Waals surface area contributed by atoms with E-state index in [0.29, 0.717) is 5.37 Å². The number of nitrogens with zero attached hydrogens (tertiary/aromatic N) is 2. The van der Waals surface area contributed by atoms with Crippen LogP contribution < -0.4 is 5.32 Å². The Kier molecular flexibility index (Phi) is 1.88. The molecule has 1 aromatic heterocycles. The van der Waals surface area contributed by atoms with Crippen LogP contribution in [0.1, 0.15) is 10.4 Å². The monoisotopic (exact) mass is 173 g/mol. The van der Waals surface area contributed by atoms with Gasteiger partial charge in [-0.05, 0) is 0 Å². The first kappa shape index (κ1) is 6.57. The zero-order valence-electron chi connectivity index (χ0n) is 5.28. The lowest BCUT2D eigenvalue weighted by Crippen LogP contribution is -2.11. The van der Waals surface area contributed by atoms with Crippen molar-refractivity contribution in [2.24, 2.45) is 0 Å². The fourth-order valence-electron chi connectivity index (χ4n) is 0.880. The molecule has 1 saturated heterocycles. The van der Waals surface area contributed by atoms with E-state index in [1.807, 2.05) is 11.8 Å². The number of nitrogens with one attached hydrogen (secondary N) is 1. The van der Waals surface area contributed by atoms with Crippen LogP contribution in [0.3, 0.4) is 0 Å². The molecule has 3 nitrogen and oxygen atoms in total. The maximum Gasteiger partial charge on any atom is 0.144 e. The molecule has 1 aliphatic rings. The van der Waals surface area contributed by atoms with Crippen molar-refractivity contribution in [2.75, 3.05) is 12.3 Å². The highest BCUT2D eigenvalue weighted by atomic mass is 32.2. The van der Waals surface area contributed by atoms with Gasteiger partial charge in [0.15, 0.2) is 0 Å². The van der Waals surface area contributed by atoms with Crippen molar-refractivity contribution < 1.29 is 0 Å². The number of hydrogen-bond donors (Lipinski definition) is 1. The summed E-state index contributed by atoms with van der Waals surface area (Å²) < 4.78 is 0. The Morgan fingerprint density at radius 3 is 3.30 bits per heavy atom. The minimum Gasteiger partial charge on any atom is -0.299 e. The minimum absolute atomic E-state index is 0.410. The Bertz CT molecular complexity index is 193. The van der Waals surface area contributed by atoms with Crippen LogP contribution >= 0.6 is 23.1 Å². The fraction of sp³-hybridized carbons (Fsp3) is 0.600. The van der Waals surface area contributed by atoms with E-state index in [0.717, 1.165) is 11.6 Å². The summed E-state index contributed by atoms with van der Waals surface area (Å²) in [5, 5.41) is 12.6. The highest BCUT2D eigenvalue weighted by Gasteiger charge is 2.18. The van der Waals surface area contributed by atoms with Crippen LogP contribution in [-0.4, -0.2) is 22.5 Å². The third-order valence-electron chi connectivity index (χ3n) is 1.32. The maximum absolute atomic E-state index is 3.98. The first-order valence-electron chi connectivity index (χ1n) is 3.08. The first-order valence-corrected chi connectivity index (χ1v) is 5.01. The SMILES string of the molecule is c1nnc(C2NCCS2)s1. The fourth-order valence-corrected chi connectivity index (χ4v) is 2.65. The van der Waals surface area contributed by atoms with Crippen molar-refractivity contribution in [1.82, 2.24) is 15.5 Å². The third-order valence-corrected chi connectivity index (χ3v) is 3.39. The molecule has 2 heterocycles. The number of thioether (sulfide) groups is 1. The van der Waals surface area contributed by atoms with Gasteiger partial charge in [0.1, 0.15) is 15.9 Å². The van der Waals surface area contributed by atoms with Crippen molar-refractivity contribution in [3.8, 4) is 0 Å².